The molecule has 12 heteroatoms. The lowest BCUT2D eigenvalue weighted by molar-refractivity contribution is -0.137. The lowest BCUT2D eigenvalue weighted by Crippen LogP contribution is -2.37. The number of alkyl halides is 3. The first-order valence-corrected chi connectivity index (χ1v) is 9.51. The van der Waals surface area contributed by atoms with Gasteiger partial charge in [-0.2, -0.15) is 23.4 Å². The second-order valence-electron chi connectivity index (χ2n) is 6.85. The van der Waals surface area contributed by atoms with Crippen molar-refractivity contribution in [2.75, 3.05) is 42.3 Å². The van der Waals surface area contributed by atoms with Crippen LogP contribution in [0.25, 0.3) is 11.3 Å². The summed E-state index contributed by atoms with van der Waals surface area (Å²) < 4.78 is 45.6. The fourth-order valence-electron chi connectivity index (χ4n) is 3.18. The maximum absolute atomic E-state index is 13.4. The van der Waals surface area contributed by atoms with Gasteiger partial charge < -0.3 is 20.7 Å². The van der Waals surface area contributed by atoms with Crippen LogP contribution in [0.4, 0.5) is 36.4 Å². The maximum atomic E-state index is 13.4. The number of hydrogen-bond acceptors (Lipinski definition) is 9. The Balaban J connectivity index is 1.81. The molecule has 1 aliphatic heterocycles. The summed E-state index contributed by atoms with van der Waals surface area (Å²) in [4.78, 5) is 18.4. The minimum Gasteiger partial charge on any atom is -0.384 e. The van der Waals surface area contributed by atoms with Crippen LogP contribution in [0.15, 0.2) is 36.8 Å². The summed E-state index contributed by atoms with van der Waals surface area (Å²) in [6.45, 7) is 1.95. The SMILES string of the molecule is N#Cc1cc(N)ncc1-c1cc(Nc2ccncc2C(F)(F)F)nc(N2CCOCC2)n1. The summed E-state index contributed by atoms with van der Waals surface area (Å²) in [6, 6.07) is 6.12. The van der Waals surface area contributed by atoms with Gasteiger partial charge in [0.2, 0.25) is 5.95 Å². The number of morpholine rings is 1. The van der Waals surface area contributed by atoms with Crippen LogP contribution in [0.3, 0.4) is 0 Å². The Labute approximate surface area is 180 Å². The molecular formula is C20H17F3N8O. The highest BCUT2D eigenvalue weighted by atomic mass is 19.4. The topological polar surface area (TPSA) is 126 Å². The van der Waals surface area contributed by atoms with Crippen molar-refractivity contribution in [1.82, 2.24) is 19.9 Å². The summed E-state index contributed by atoms with van der Waals surface area (Å²) in [5.41, 5.74) is 5.47. The van der Waals surface area contributed by atoms with Gasteiger partial charge in [0.05, 0.1) is 35.7 Å². The zero-order valence-corrected chi connectivity index (χ0v) is 16.6. The van der Waals surface area contributed by atoms with Gasteiger partial charge in [-0.05, 0) is 12.1 Å². The van der Waals surface area contributed by atoms with Crippen molar-refractivity contribution in [3.63, 3.8) is 0 Å². The molecular weight excluding hydrogens is 425 g/mol. The van der Waals surface area contributed by atoms with Crippen LogP contribution in [0, 0.1) is 11.3 Å². The highest BCUT2D eigenvalue weighted by Crippen LogP contribution is 2.36. The molecule has 3 aromatic rings. The predicted molar refractivity (Wildman–Crippen MR) is 110 cm³/mol. The number of pyridine rings is 2. The fraction of sp³-hybridized carbons (Fsp3) is 0.250. The van der Waals surface area contributed by atoms with Gasteiger partial charge in [-0.1, -0.05) is 0 Å². The van der Waals surface area contributed by atoms with Crippen molar-refractivity contribution in [2.24, 2.45) is 0 Å². The number of hydrogen-bond donors (Lipinski definition) is 2. The molecule has 0 spiro atoms. The van der Waals surface area contributed by atoms with Crippen LogP contribution in [-0.2, 0) is 10.9 Å². The molecule has 0 amide bonds. The van der Waals surface area contributed by atoms with E-state index in [9.17, 15) is 18.4 Å². The number of halogens is 3. The van der Waals surface area contributed by atoms with Gasteiger partial charge in [-0.3, -0.25) is 4.98 Å². The number of ether oxygens (including phenoxy) is 1. The number of nitrogens with two attached hydrogens (primary N) is 1. The van der Waals surface area contributed by atoms with E-state index in [-0.39, 0.29) is 28.8 Å². The van der Waals surface area contributed by atoms with Gasteiger partial charge >= 0.3 is 6.18 Å². The van der Waals surface area contributed by atoms with Crippen molar-refractivity contribution in [3.8, 4) is 17.3 Å². The van der Waals surface area contributed by atoms with Crippen molar-refractivity contribution in [2.45, 2.75) is 6.18 Å². The normalized spacial score (nSPS) is 14.1. The number of nitrogens with one attached hydrogen (secondary N) is 1. The average Bonchev–Trinajstić information content (AvgIpc) is 2.79. The van der Waals surface area contributed by atoms with Gasteiger partial charge in [0.25, 0.3) is 0 Å². The molecule has 1 aliphatic rings. The standard InChI is InChI=1S/C20H17F3N8O/c21-20(22,23)14-11-26-2-1-15(14)28-18-8-16(13-10-27-17(25)7-12(13)9-24)29-19(30-18)31-3-5-32-6-4-31/h1-2,7-8,10-11H,3-6H2,(H2,25,27)(H,26,28,29,30). The fourth-order valence-corrected chi connectivity index (χ4v) is 3.18. The number of nitriles is 1. The highest BCUT2D eigenvalue weighted by Gasteiger charge is 2.34. The van der Waals surface area contributed by atoms with Gasteiger partial charge in [-0.15, -0.1) is 0 Å². The van der Waals surface area contributed by atoms with Crippen molar-refractivity contribution < 1.29 is 17.9 Å². The number of rotatable bonds is 4. The van der Waals surface area contributed by atoms with E-state index in [1.54, 1.807) is 0 Å². The van der Waals surface area contributed by atoms with E-state index in [1.807, 2.05) is 11.0 Å². The highest BCUT2D eigenvalue weighted by molar-refractivity contribution is 5.73. The molecule has 0 aromatic carbocycles. The molecule has 1 saturated heterocycles. The van der Waals surface area contributed by atoms with E-state index in [4.69, 9.17) is 10.5 Å². The van der Waals surface area contributed by atoms with E-state index in [1.165, 1.54) is 30.6 Å². The Hall–Kier alpha value is -3.98. The first kappa shape index (κ1) is 21.3. The Morgan fingerprint density at radius 1 is 1.16 bits per heavy atom. The Morgan fingerprint density at radius 2 is 1.94 bits per heavy atom. The Morgan fingerprint density at radius 3 is 2.66 bits per heavy atom. The zero-order chi connectivity index (χ0) is 22.7. The third-order valence-electron chi connectivity index (χ3n) is 4.72. The molecule has 0 aliphatic carbocycles. The zero-order valence-electron chi connectivity index (χ0n) is 16.6. The van der Waals surface area contributed by atoms with E-state index < -0.39 is 11.7 Å². The summed E-state index contributed by atoms with van der Waals surface area (Å²) >= 11 is 0. The number of anilines is 4. The lowest BCUT2D eigenvalue weighted by atomic mass is 10.1. The molecule has 32 heavy (non-hydrogen) atoms. The van der Waals surface area contributed by atoms with E-state index in [2.05, 4.69) is 25.3 Å². The smallest absolute Gasteiger partial charge is 0.384 e. The lowest BCUT2D eigenvalue weighted by Gasteiger charge is -2.27. The van der Waals surface area contributed by atoms with Crippen molar-refractivity contribution in [1.29, 1.82) is 5.26 Å². The first-order valence-electron chi connectivity index (χ1n) is 9.51. The van der Waals surface area contributed by atoms with Crippen molar-refractivity contribution in [3.05, 3.63) is 47.9 Å². The van der Waals surface area contributed by atoms with Crippen LogP contribution < -0.4 is 16.0 Å². The number of nitrogen functional groups attached to an aromatic ring is 1. The van der Waals surface area contributed by atoms with Gasteiger partial charge in [0.1, 0.15) is 17.7 Å². The molecule has 0 atom stereocenters. The molecule has 9 nitrogen and oxygen atoms in total. The minimum absolute atomic E-state index is 0.119. The van der Waals surface area contributed by atoms with Crippen LogP contribution in [-0.4, -0.2) is 46.2 Å². The molecule has 0 unspecified atom stereocenters. The average molecular weight is 442 g/mol. The molecule has 0 saturated carbocycles. The van der Waals surface area contributed by atoms with E-state index in [0.29, 0.717) is 37.6 Å². The maximum Gasteiger partial charge on any atom is 0.419 e. The third-order valence-corrected chi connectivity index (χ3v) is 4.72. The van der Waals surface area contributed by atoms with Crippen LogP contribution >= 0.6 is 0 Å². The molecule has 0 radical (unpaired) electrons. The van der Waals surface area contributed by atoms with Crippen LogP contribution in [0.5, 0.6) is 0 Å². The number of aromatic nitrogens is 4. The second-order valence-corrected chi connectivity index (χ2v) is 6.85. The molecule has 4 heterocycles. The largest absolute Gasteiger partial charge is 0.419 e. The van der Waals surface area contributed by atoms with Gasteiger partial charge in [0, 0.05) is 43.3 Å². The predicted octanol–water partition coefficient (Wildman–Crippen LogP) is 2.99. The third kappa shape index (κ3) is 4.52. The summed E-state index contributed by atoms with van der Waals surface area (Å²) in [7, 11) is 0. The van der Waals surface area contributed by atoms with Crippen LogP contribution in [0.2, 0.25) is 0 Å². The molecule has 3 N–H and O–H groups in total. The van der Waals surface area contributed by atoms with E-state index in [0.717, 1.165) is 6.20 Å². The molecule has 0 bridgehead atoms. The van der Waals surface area contributed by atoms with Crippen LogP contribution in [0.1, 0.15) is 11.1 Å². The number of nitrogens with zero attached hydrogens (tertiary/aromatic N) is 6. The Bertz CT molecular complexity index is 1170. The molecule has 3 aromatic heterocycles. The molecule has 164 valence electrons. The van der Waals surface area contributed by atoms with Gasteiger partial charge in [-0.25, -0.2) is 9.97 Å². The quantitative estimate of drug-likeness (QED) is 0.627. The summed E-state index contributed by atoms with van der Waals surface area (Å²) in [5, 5.41) is 12.2. The monoisotopic (exact) mass is 442 g/mol. The summed E-state index contributed by atoms with van der Waals surface area (Å²) in [6.07, 6.45) is -1.21. The molecule has 4 rings (SSSR count). The summed E-state index contributed by atoms with van der Waals surface area (Å²) in [5.74, 6) is 0.572. The first-order chi connectivity index (χ1) is 15.3. The van der Waals surface area contributed by atoms with E-state index >= 15 is 0 Å². The Kier molecular flexibility index (Phi) is 5.74. The van der Waals surface area contributed by atoms with Crippen molar-refractivity contribution >= 4 is 23.3 Å². The van der Waals surface area contributed by atoms with Gasteiger partial charge in [0.15, 0.2) is 0 Å². The second kappa shape index (κ2) is 8.64. The minimum atomic E-state index is -4.60. The molecule has 1 fully saturated rings.